The predicted molar refractivity (Wildman–Crippen MR) is 178 cm³/mol. The van der Waals surface area contributed by atoms with E-state index in [0.717, 1.165) is 42.0 Å². The Kier molecular flexibility index (Phi) is 10.9. The van der Waals surface area contributed by atoms with Gasteiger partial charge in [0.15, 0.2) is 0 Å². The number of pyridine rings is 1. The smallest absolute Gasteiger partial charge is 0.407 e. The zero-order valence-corrected chi connectivity index (χ0v) is 28.4. The number of hydrogen-bond donors (Lipinski definition) is 3. The lowest BCUT2D eigenvalue weighted by Crippen LogP contribution is -2.58. The van der Waals surface area contributed by atoms with Crippen molar-refractivity contribution in [2.24, 2.45) is 5.92 Å². The van der Waals surface area contributed by atoms with Crippen LogP contribution in [-0.2, 0) is 35.6 Å². The number of fused-ring (bicyclic) bond motifs is 3. The van der Waals surface area contributed by atoms with Crippen molar-refractivity contribution in [2.75, 3.05) is 18.9 Å². The van der Waals surface area contributed by atoms with Gasteiger partial charge in [0.25, 0.3) is 5.91 Å². The van der Waals surface area contributed by atoms with Gasteiger partial charge in [0.05, 0.1) is 18.9 Å². The summed E-state index contributed by atoms with van der Waals surface area (Å²) in [6, 6.07) is 5.97. The Morgan fingerprint density at radius 1 is 1.19 bits per heavy atom. The molecule has 1 saturated carbocycles. The first-order valence-corrected chi connectivity index (χ1v) is 18.4. The summed E-state index contributed by atoms with van der Waals surface area (Å²) < 4.78 is 38.4. The fraction of sp³-hybridized carbons (Fsp3) is 0.559. The lowest BCUT2D eigenvalue weighted by Gasteiger charge is -2.29. The third-order valence-corrected chi connectivity index (χ3v) is 10.6. The Morgan fingerprint density at radius 3 is 2.73 bits per heavy atom. The highest BCUT2D eigenvalue weighted by Crippen LogP contribution is 2.45. The second kappa shape index (κ2) is 14.9. The standard InChI is InChI=1S/C34H45N5O8S/c1-4-7-12-27-31(41)39-21-25(19-28(39)29(40)37-34(20-24(34)5-2)32(42)38-48(44,45)6-3)47-30-26-18-22(13-14-23(26)15-16-35-30)11-9-8-10-17-46-33(43)36-27/h5,13-16,18,24-25,27-28H,2,4,6-12,17,19-21H2,1,3H3,(H,36,43)(H,37,40)(H,38,42)/t24-,25+,27+,28+,34-/m1/s1. The number of nitrogens with one attached hydrogen (secondary N) is 3. The minimum atomic E-state index is -3.90. The van der Waals surface area contributed by atoms with Gasteiger partial charge in [-0.25, -0.2) is 18.2 Å². The van der Waals surface area contributed by atoms with Gasteiger partial charge in [-0.15, -0.1) is 6.58 Å². The van der Waals surface area contributed by atoms with Crippen LogP contribution in [0.15, 0.2) is 43.1 Å². The minimum Gasteiger partial charge on any atom is -0.472 e. The molecule has 0 radical (unpaired) electrons. The largest absolute Gasteiger partial charge is 0.472 e. The number of amides is 4. The summed E-state index contributed by atoms with van der Waals surface area (Å²) in [7, 11) is -3.90. The number of aryl methyl sites for hydroxylation is 1. The molecule has 14 heteroatoms. The fourth-order valence-corrected chi connectivity index (χ4v) is 7.04. The molecule has 2 aromatic rings. The topological polar surface area (TPSA) is 173 Å². The van der Waals surface area contributed by atoms with Crippen LogP contribution in [0.4, 0.5) is 4.79 Å². The Morgan fingerprint density at radius 2 is 2.00 bits per heavy atom. The van der Waals surface area contributed by atoms with E-state index in [0.29, 0.717) is 25.1 Å². The third kappa shape index (κ3) is 7.91. The van der Waals surface area contributed by atoms with Gasteiger partial charge in [0.2, 0.25) is 27.7 Å². The Hall–Kier alpha value is -4.20. The van der Waals surface area contributed by atoms with Gasteiger partial charge in [0.1, 0.15) is 23.7 Å². The summed E-state index contributed by atoms with van der Waals surface area (Å²) in [5.41, 5.74) is -0.424. The highest BCUT2D eigenvalue weighted by molar-refractivity contribution is 7.90. The Labute approximate surface area is 281 Å². The van der Waals surface area contributed by atoms with Gasteiger partial charge in [0, 0.05) is 23.9 Å². The molecule has 1 aliphatic carbocycles. The normalized spacial score (nSPS) is 26.4. The van der Waals surface area contributed by atoms with E-state index in [1.165, 1.54) is 17.9 Å². The molecule has 2 fully saturated rings. The van der Waals surface area contributed by atoms with E-state index in [2.05, 4.69) is 33.0 Å². The van der Waals surface area contributed by atoms with Crippen molar-refractivity contribution in [3.63, 3.8) is 0 Å². The number of alkyl carbamates (subject to hydrolysis) is 1. The highest BCUT2D eigenvalue weighted by Gasteiger charge is 2.61. The molecule has 4 amide bonds. The molecule has 4 bridgehead atoms. The molecule has 3 heterocycles. The van der Waals surface area contributed by atoms with Crippen molar-refractivity contribution in [2.45, 2.75) is 95.4 Å². The van der Waals surface area contributed by atoms with Gasteiger partial charge < -0.3 is 25.0 Å². The van der Waals surface area contributed by atoms with Crippen LogP contribution in [0.5, 0.6) is 5.88 Å². The number of hydrogen-bond acceptors (Lipinski definition) is 9. The van der Waals surface area contributed by atoms with Crippen LogP contribution < -0.4 is 20.1 Å². The van der Waals surface area contributed by atoms with Crippen LogP contribution in [0.2, 0.25) is 0 Å². The summed E-state index contributed by atoms with van der Waals surface area (Å²) in [5, 5.41) is 7.24. The second-order valence-corrected chi connectivity index (χ2v) is 14.8. The Bertz CT molecular complexity index is 1670. The number of aromatic nitrogens is 1. The van der Waals surface area contributed by atoms with Crippen LogP contribution >= 0.6 is 0 Å². The molecule has 2 aliphatic heterocycles. The molecule has 3 N–H and O–H groups in total. The van der Waals surface area contributed by atoms with E-state index in [4.69, 9.17) is 9.47 Å². The number of benzene rings is 1. The second-order valence-electron chi connectivity index (χ2n) is 12.8. The first-order valence-electron chi connectivity index (χ1n) is 16.8. The van der Waals surface area contributed by atoms with E-state index in [9.17, 15) is 27.6 Å². The molecule has 0 spiro atoms. The average molecular weight is 684 g/mol. The lowest BCUT2D eigenvalue weighted by atomic mass is 10.0. The van der Waals surface area contributed by atoms with Gasteiger partial charge in [-0.05, 0) is 68.5 Å². The van der Waals surface area contributed by atoms with Crippen LogP contribution in [-0.4, -0.2) is 84.7 Å². The SMILES string of the molecule is C=C[C@@H]1C[C@]1(NC(=O)[C@@H]1C[C@H]2CN1C(=O)[C@H](CCCC)NC(=O)OCCCCCc1ccc3ccnc(c3c1)O2)C(=O)NS(=O)(=O)CC. The molecule has 3 aliphatic rings. The van der Waals surface area contributed by atoms with E-state index < -0.39 is 63.5 Å². The number of carbonyl (C=O) groups is 4. The molecular weight excluding hydrogens is 638 g/mol. The van der Waals surface area contributed by atoms with Crippen molar-refractivity contribution in [1.82, 2.24) is 25.2 Å². The predicted octanol–water partition coefficient (Wildman–Crippen LogP) is 3.12. The summed E-state index contributed by atoms with van der Waals surface area (Å²) in [6.07, 6.45) is 6.99. The summed E-state index contributed by atoms with van der Waals surface area (Å²) in [5.74, 6) is -2.42. The van der Waals surface area contributed by atoms with Crippen LogP contribution in [0.3, 0.4) is 0 Å². The van der Waals surface area contributed by atoms with Crippen molar-refractivity contribution in [3.05, 3.63) is 48.7 Å². The van der Waals surface area contributed by atoms with Crippen LogP contribution in [0, 0.1) is 5.92 Å². The number of nitrogens with zero attached hydrogens (tertiary/aromatic N) is 2. The van der Waals surface area contributed by atoms with Gasteiger partial charge in [-0.2, -0.15) is 0 Å². The first-order chi connectivity index (χ1) is 23.0. The molecule has 1 saturated heterocycles. The van der Waals surface area contributed by atoms with Crippen LogP contribution in [0.1, 0.15) is 70.8 Å². The fourth-order valence-electron chi connectivity index (χ4n) is 6.44. The van der Waals surface area contributed by atoms with Crippen molar-refractivity contribution >= 4 is 44.6 Å². The van der Waals surface area contributed by atoms with Crippen molar-refractivity contribution < 1.29 is 37.1 Å². The summed E-state index contributed by atoms with van der Waals surface area (Å²) >= 11 is 0. The van der Waals surface area contributed by atoms with E-state index in [-0.39, 0.29) is 31.7 Å². The number of cyclic esters (lactones) is 1. The van der Waals surface area contributed by atoms with Crippen molar-refractivity contribution in [3.8, 4) is 5.88 Å². The summed E-state index contributed by atoms with van der Waals surface area (Å²) in [4.78, 5) is 60.2. The van der Waals surface area contributed by atoms with Gasteiger partial charge >= 0.3 is 6.09 Å². The molecule has 5 atom stereocenters. The number of unbranched alkanes of at least 4 members (excludes halogenated alkanes) is 1. The molecule has 260 valence electrons. The molecule has 1 aromatic heterocycles. The first kappa shape index (κ1) is 35.1. The van der Waals surface area contributed by atoms with Crippen molar-refractivity contribution in [1.29, 1.82) is 0 Å². The number of ether oxygens (including phenoxy) is 2. The van der Waals surface area contributed by atoms with Gasteiger partial charge in [-0.3, -0.25) is 19.1 Å². The Balaban J connectivity index is 1.47. The highest BCUT2D eigenvalue weighted by atomic mass is 32.2. The number of carbonyl (C=O) groups excluding carboxylic acids is 4. The van der Waals surface area contributed by atoms with Gasteiger partial charge in [-0.1, -0.05) is 38.0 Å². The number of rotatable bonds is 9. The monoisotopic (exact) mass is 683 g/mol. The summed E-state index contributed by atoms with van der Waals surface area (Å²) in [6.45, 7) is 7.34. The maximum atomic E-state index is 14.2. The molecule has 0 unspecified atom stereocenters. The maximum Gasteiger partial charge on any atom is 0.407 e. The van der Waals surface area contributed by atoms with E-state index >= 15 is 0 Å². The lowest BCUT2D eigenvalue weighted by molar-refractivity contribution is -0.141. The maximum absolute atomic E-state index is 14.2. The zero-order chi connectivity index (χ0) is 34.5. The molecule has 5 rings (SSSR count). The molecule has 1 aromatic carbocycles. The quantitative estimate of drug-likeness (QED) is 0.336. The average Bonchev–Trinajstić information content (AvgIpc) is 3.63. The molecular formula is C34H45N5O8S. The minimum absolute atomic E-state index is 0.0162. The molecule has 13 nitrogen and oxygen atoms in total. The molecule has 48 heavy (non-hydrogen) atoms. The number of sulfonamides is 1. The third-order valence-electron chi connectivity index (χ3n) is 9.38. The zero-order valence-electron chi connectivity index (χ0n) is 27.5. The van der Waals surface area contributed by atoms with E-state index in [1.807, 2.05) is 25.1 Å². The van der Waals surface area contributed by atoms with Crippen LogP contribution in [0.25, 0.3) is 10.8 Å². The van der Waals surface area contributed by atoms with E-state index in [1.54, 1.807) is 6.20 Å².